The molecule has 1 saturated heterocycles. The van der Waals surface area contributed by atoms with Crippen LogP contribution in [0, 0.1) is 0 Å². The molecular weight excluding hydrogens is 458 g/mol. The molecule has 0 bridgehead atoms. The van der Waals surface area contributed by atoms with Crippen LogP contribution in [-0.2, 0) is 16.1 Å². The number of rotatable bonds is 8. The third-order valence-corrected chi connectivity index (χ3v) is 6.36. The Labute approximate surface area is 200 Å². The number of benzene rings is 2. The number of nitrogens with one attached hydrogen (secondary N) is 1. The predicted octanol–water partition coefficient (Wildman–Crippen LogP) is 3.85. The molecule has 5 rings (SSSR count). The summed E-state index contributed by atoms with van der Waals surface area (Å²) < 4.78 is 33.3. The van der Waals surface area contributed by atoms with Gasteiger partial charge < -0.3 is 19.3 Å². The number of nitrogens with zero attached hydrogens (tertiary/aromatic N) is 3. The molecule has 35 heavy (non-hydrogen) atoms. The van der Waals surface area contributed by atoms with Crippen LogP contribution in [0.1, 0.15) is 53.1 Å². The van der Waals surface area contributed by atoms with Crippen molar-refractivity contribution in [1.29, 1.82) is 0 Å². The molecule has 2 heterocycles. The standard InChI is InChI=1S/C25H26F2N4O4/c26-23(27)16-3-1-4-17(11-16)24(34)29-25-28-19-13-20(30-8-10-35-14-22(30)33)18(15-5-6-15)12-21(19)31(25)7-2-9-32/h1,3-4,11-13,15,23,32H,2,5-10,14H2,(H,28,29,34). The lowest BCUT2D eigenvalue weighted by molar-refractivity contribution is -0.125. The van der Waals surface area contributed by atoms with Gasteiger partial charge in [0.2, 0.25) is 5.95 Å². The highest BCUT2D eigenvalue weighted by Crippen LogP contribution is 2.46. The van der Waals surface area contributed by atoms with Crippen LogP contribution < -0.4 is 10.2 Å². The molecule has 8 nitrogen and oxygen atoms in total. The fourth-order valence-electron chi connectivity index (χ4n) is 4.44. The van der Waals surface area contributed by atoms with E-state index < -0.39 is 12.3 Å². The summed E-state index contributed by atoms with van der Waals surface area (Å²) in [5.74, 6) is -0.0573. The molecule has 3 aromatic rings. The van der Waals surface area contributed by atoms with Gasteiger partial charge in [-0.2, -0.15) is 0 Å². The van der Waals surface area contributed by atoms with E-state index in [0.717, 1.165) is 35.7 Å². The maximum atomic E-state index is 13.1. The molecule has 2 N–H and O–H groups in total. The van der Waals surface area contributed by atoms with Crippen LogP contribution in [-0.4, -0.2) is 52.8 Å². The average Bonchev–Trinajstić information content (AvgIpc) is 3.65. The minimum Gasteiger partial charge on any atom is -0.396 e. The van der Waals surface area contributed by atoms with Gasteiger partial charge in [-0.1, -0.05) is 12.1 Å². The number of carbonyl (C=O) groups is 2. The Hall–Kier alpha value is -3.37. The summed E-state index contributed by atoms with van der Waals surface area (Å²) in [6.07, 6.45) is -0.172. The number of carbonyl (C=O) groups excluding carboxylic acids is 2. The third-order valence-electron chi connectivity index (χ3n) is 6.36. The zero-order valence-corrected chi connectivity index (χ0v) is 19.0. The van der Waals surface area contributed by atoms with E-state index in [1.54, 1.807) is 4.90 Å². The monoisotopic (exact) mass is 484 g/mol. The van der Waals surface area contributed by atoms with E-state index in [-0.39, 0.29) is 36.2 Å². The number of amides is 2. The van der Waals surface area contributed by atoms with Crippen molar-refractivity contribution in [2.24, 2.45) is 0 Å². The molecule has 0 spiro atoms. The van der Waals surface area contributed by atoms with Crippen molar-refractivity contribution in [3.05, 3.63) is 53.1 Å². The molecular formula is C25H26F2N4O4. The fraction of sp³-hybridized carbons (Fsp3) is 0.400. The van der Waals surface area contributed by atoms with Gasteiger partial charge in [-0.05, 0) is 55.0 Å². The molecule has 2 aliphatic rings. The van der Waals surface area contributed by atoms with E-state index in [4.69, 9.17) is 4.74 Å². The third kappa shape index (κ3) is 4.76. The smallest absolute Gasteiger partial charge is 0.263 e. The lowest BCUT2D eigenvalue weighted by Crippen LogP contribution is -2.42. The number of hydrogen-bond acceptors (Lipinski definition) is 5. The number of morpholine rings is 1. The van der Waals surface area contributed by atoms with Gasteiger partial charge >= 0.3 is 0 Å². The second-order valence-corrected chi connectivity index (χ2v) is 8.82. The molecule has 2 fully saturated rings. The summed E-state index contributed by atoms with van der Waals surface area (Å²) in [6, 6.07) is 9.20. The molecule has 0 radical (unpaired) electrons. The number of fused-ring (bicyclic) bond motifs is 1. The molecule has 1 saturated carbocycles. The van der Waals surface area contributed by atoms with Crippen LogP contribution in [0.15, 0.2) is 36.4 Å². The molecule has 2 aromatic carbocycles. The fourth-order valence-corrected chi connectivity index (χ4v) is 4.44. The number of aliphatic hydroxyl groups excluding tert-OH is 1. The predicted molar refractivity (Wildman–Crippen MR) is 126 cm³/mol. The van der Waals surface area contributed by atoms with Crippen molar-refractivity contribution in [1.82, 2.24) is 9.55 Å². The topological polar surface area (TPSA) is 96.7 Å². The molecule has 1 aromatic heterocycles. The minimum atomic E-state index is -2.68. The summed E-state index contributed by atoms with van der Waals surface area (Å²) >= 11 is 0. The van der Waals surface area contributed by atoms with Gasteiger partial charge in [0.1, 0.15) is 6.61 Å². The van der Waals surface area contributed by atoms with Gasteiger partial charge in [-0.3, -0.25) is 14.9 Å². The van der Waals surface area contributed by atoms with Crippen LogP contribution in [0.3, 0.4) is 0 Å². The number of aromatic nitrogens is 2. The van der Waals surface area contributed by atoms with Crippen molar-refractivity contribution < 1.29 is 28.2 Å². The SMILES string of the molecule is O=C(Nc1nc2cc(N3CCOCC3=O)c(C3CC3)cc2n1CCCO)c1cccc(C(F)F)c1. The second kappa shape index (κ2) is 9.71. The van der Waals surface area contributed by atoms with Crippen LogP contribution in [0.5, 0.6) is 0 Å². The van der Waals surface area contributed by atoms with Gasteiger partial charge in [0.25, 0.3) is 18.2 Å². The Kier molecular flexibility index (Phi) is 6.48. The molecule has 184 valence electrons. The lowest BCUT2D eigenvalue weighted by Gasteiger charge is -2.29. The van der Waals surface area contributed by atoms with Crippen molar-refractivity contribution in [3.8, 4) is 0 Å². The first-order valence-corrected chi connectivity index (χ1v) is 11.7. The zero-order valence-electron chi connectivity index (χ0n) is 19.0. The highest BCUT2D eigenvalue weighted by Gasteiger charge is 2.32. The van der Waals surface area contributed by atoms with E-state index in [1.807, 2.05) is 16.7 Å². The highest BCUT2D eigenvalue weighted by atomic mass is 19.3. The van der Waals surface area contributed by atoms with Gasteiger partial charge in [0.05, 0.1) is 17.6 Å². The van der Waals surface area contributed by atoms with Gasteiger partial charge in [-0.15, -0.1) is 0 Å². The van der Waals surface area contributed by atoms with Crippen LogP contribution >= 0.6 is 0 Å². The maximum absolute atomic E-state index is 13.1. The van der Waals surface area contributed by atoms with Crippen LogP contribution in [0.4, 0.5) is 20.4 Å². The van der Waals surface area contributed by atoms with Crippen LogP contribution in [0.2, 0.25) is 0 Å². The minimum absolute atomic E-state index is 0.0338. The van der Waals surface area contributed by atoms with E-state index in [1.165, 1.54) is 18.2 Å². The zero-order chi connectivity index (χ0) is 24.5. The summed E-state index contributed by atoms with van der Waals surface area (Å²) in [7, 11) is 0. The number of ether oxygens (including phenoxy) is 1. The summed E-state index contributed by atoms with van der Waals surface area (Å²) in [4.78, 5) is 31.8. The van der Waals surface area contributed by atoms with Gasteiger partial charge in [0, 0.05) is 36.5 Å². The Balaban J connectivity index is 1.55. The number of aliphatic hydroxyl groups is 1. The quantitative estimate of drug-likeness (QED) is 0.506. The lowest BCUT2D eigenvalue weighted by atomic mass is 10.1. The first-order chi connectivity index (χ1) is 17.0. The number of hydrogen-bond donors (Lipinski definition) is 2. The Bertz CT molecular complexity index is 1270. The first-order valence-electron chi connectivity index (χ1n) is 11.7. The van der Waals surface area contributed by atoms with Gasteiger partial charge in [0.15, 0.2) is 0 Å². The summed E-state index contributed by atoms with van der Waals surface area (Å²) in [5.41, 5.74) is 3.10. The van der Waals surface area contributed by atoms with Crippen LogP contribution in [0.25, 0.3) is 11.0 Å². The Morgan fingerprint density at radius 3 is 2.80 bits per heavy atom. The Morgan fingerprint density at radius 2 is 2.09 bits per heavy atom. The highest BCUT2D eigenvalue weighted by molar-refractivity contribution is 6.04. The average molecular weight is 485 g/mol. The van der Waals surface area contributed by atoms with Gasteiger partial charge in [-0.25, -0.2) is 13.8 Å². The first kappa shape index (κ1) is 23.4. The number of alkyl halides is 2. The largest absolute Gasteiger partial charge is 0.396 e. The normalized spacial score (nSPS) is 16.3. The molecule has 1 aliphatic heterocycles. The number of anilines is 2. The summed E-state index contributed by atoms with van der Waals surface area (Å²) in [5, 5.41) is 12.2. The van der Waals surface area contributed by atoms with E-state index in [9.17, 15) is 23.5 Å². The Morgan fingerprint density at radius 1 is 1.26 bits per heavy atom. The van der Waals surface area contributed by atoms with Crippen molar-refractivity contribution >= 4 is 34.5 Å². The molecule has 2 amide bonds. The number of aryl methyl sites for hydroxylation is 1. The van der Waals surface area contributed by atoms with Crippen molar-refractivity contribution in [3.63, 3.8) is 0 Å². The van der Waals surface area contributed by atoms with Crippen molar-refractivity contribution in [2.75, 3.05) is 36.6 Å². The number of halogens is 2. The molecule has 1 aliphatic carbocycles. The number of imidazole rings is 1. The molecule has 0 atom stereocenters. The molecule has 0 unspecified atom stereocenters. The maximum Gasteiger partial charge on any atom is 0.263 e. The summed E-state index contributed by atoms with van der Waals surface area (Å²) in [6.45, 7) is 1.31. The molecule has 10 heteroatoms. The van der Waals surface area contributed by atoms with E-state index in [0.29, 0.717) is 37.6 Å². The second-order valence-electron chi connectivity index (χ2n) is 8.82. The van der Waals surface area contributed by atoms with E-state index in [2.05, 4.69) is 10.3 Å². The van der Waals surface area contributed by atoms with Crippen molar-refractivity contribution in [2.45, 2.75) is 38.2 Å². The van der Waals surface area contributed by atoms with E-state index >= 15 is 0 Å².